The minimum absolute atomic E-state index is 0.0133. The SMILES string of the molecule is CCOC(=O)C1CCN(c2ncc(C(=O)NCc3ccc(F)c(Cl)c3)c(N)n2)CC1. The molecule has 160 valence electrons. The minimum atomic E-state index is -0.522. The molecule has 0 spiro atoms. The van der Waals surface area contributed by atoms with Gasteiger partial charge in [0, 0.05) is 25.8 Å². The number of ether oxygens (including phenoxy) is 1. The van der Waals surface area contributed by atoms with Crippen LogP contribution in [0.5, 0.6) is 0 Å². The second-order valence-electron chi connectivity index (χ2n) is 6.91. The number of hydrogen-bond acceptors (Lipinski definition) is 7. The third kappa shape index (κ3) is 5.15. The number of hydrogen-bond donors (Lipinski definition) is 2. The van der Waals surface area contributed by atoms with E-state index in [1.54, 1.807) is 6.92 Å². The number of anilines is 2. The molecule has 1 fully saturated rings. The van der Waals surface area contributed by atoms with Crippen molar-refractivity contribution in [1.29, 1.82) is 0 Å². The van der Waals surface area contributed by atoms with Crippen LogP contribution in [0.4, 0.5) is 16.2 Å². The number of esters is 1. The van der Waals surface area contributed by atoms with Gasteiger partial charge in [0.1, 0.15) is 11.6 Å². The number of nitrogens with two attached hydrogens (primary N) is 1. The average Bonchev–Trinajstić information content (AvgIpc) is 2.74. The summed E-state index contributed by atoms with van der Waals surface area (Å²) in [5.41, 5.74) is 6.77. The number of carbonyl (C=O) groups excluding carboxylic acids is 2. The first-order valence-corrected chi connectivity index (χ1v) is 10.0. The van der Waals surface area contributed by atoms with Gasteiger partial charge < -0.3 is 20.7 Å². The number of nitrogens with zero attached hydrogens (tertiary/aromatic N) is 3. The zero-order chi connectivity index (χ0) is 21.7. The van der Waals surface area contributed by atoms with E-state index < -0.39 is 11.7 Å². The summed E-state index contributed by atoms with van der Waals surface area (Å²) in [7, 11) is 0. The Balaban J connectivity index is 1.59. The van der Waals surface area contributed by atoms with Crippen molar-refractivity contribution >= 4 is 35.2 Å². The van der Waals surface area contributed by atoms with Crippen LogP contribution in [0.3, 0.4) is 0 Å². The number of halogens is 2. The molecule has 10 heteroatoms. The van der Waals surface area contributed by atoms with Crippen LogP contribution in [0.1, 0.15) is 35.7 Å². The summed E-state index contributed by atoms with van der Waals surface area (Å²) in [6.07, 6.45) is 2.66. The Morgan fingerprint density at radius 3 is 2.73 bits per heavy atom. The predicted octanol–water partition coefficient (Wildman–Crippen LogP) is 2.56. The Morgan fingerprint density at radius 1 is 1.37 bits per heavy atom. The maximum Gasteiger partial charge on any atom is 0.309 e. The van der Waals surface area contributed by atoms with Gasteiger partial charge in [-0.3, -0.25) is 9.59 Å². The van der Waals surface area contributed by atoms with Crippen LogP contribution in [0.15, 0.2) is 24.4 Å². The number of rotatable bonds is 6. The largest absolute Gasteiger partial charge is 0.466 e. The van der Waals surface area contributed by atoms with Gasteiger partial charge in [-0.15, -0.1) is 0 Å². The quantitative estimate of drug-likeness (QED) is 0.671. The van der Waals surface area contributed by atoms with Crippen molar-refractivity contribution in [3.8, 4) is 0 Å². The summed E-state index contributed by atoms with van der Waals surface area (Å²) in [5.74, 6) is -0.791. The number of carbonyl (C=O) groups is 2. The lowest BCUT2D eigenvalue weighted by molar-refractivity contribution is -0.148. The molecule has 1 saturated heterocycles. The minimum Gasteiger partial charge on any atom is -0.466 e. The zero-order valence-electron chi connectivity index (χ0n) is 16.5. The lowest BCUT2D eigenvalue weighted by Gasteiger charge is -2.30. The molecule has 0 atom stereocenters. The van der Waals surface area contributed by atoms with E-state index in [1.807, 2.05) is 4.90 Å². The van der Waals surface area contributed by atoms with Gasteiger partial charge in [0.05, 0.1) is 23.1 Å². The fourth-order valence-electron chi connectivity index (χ4n) is 3.22. The van der Waals surface area contributed by atoms with E-state index in [0.717, 1.165) is 0 Å². The van der Waals surface area contributed by atoms with E-state index in [9.17, 15) is 14.0 Å². The lowest BCUT2D eigenvalue weighted by atomic mass is 9.97. The van der Waals surface area contributed by atoms with Crippen LogP contribution in [0.2, 0.25) is 5.02 Å². The third-order valence-corrected chi connectivity index (χ3v) is 5.17. The van der Waals surface area contributed by atoms with Crippen LogP contribution >= 0.6 is 11.6 Å². The second kappa shape index (κ2) is 9.71. The van der Waals surface area contributed by atoms with Gasteiger partial charge in [-0.25, -0.2) is 9.37 Å². The van der Waals surface area contributed by atoms with Gasteiger partial charge in [0.15, 0.2) is 0 Å². The lowest BCUT2D eigenvalue weighted by Crippen LogP contribution is -2.38. The van der Waals surface area contributed by atoms with Crippen molar-refractivity contribution < 1.29 is 18.7 Å². The van der Waals surface area contributed by atoms with Gasteiger partial charge >= 0.3 is 5.97 Å². The van der Waals surface area contributed by atoms with Crippen LogP contribution in [0.25, 0.3) is 0 Å². The van der Waals surface area contributed by atoms with Crippen LogP contribution in [-0.2, 0) is 16.1 Å². The normalized spacial score (nSPS) is 14.4. The van der Waals surface area contributed by atoms with Crippen LogP contribution < -0.4 is 16.0 Å². The molecule has 1 aliphatic rings. The first kappa shape index (κ1) is 21.8. The maximum absolute atomic E-state index is 13.2. The van der Waals surface area contributed by atoms with Gasteiger partial charge in [-0.05, 0) is 37.5 Å². The number of nitrogens with one attached hydrogen (secondary N) is 1. The topological polar surface area (TPSA) is 110 Å². The molecule has 0 radical (unpaired) electrons. The molecule has 8 nitrogen and oxygen atoms in total. The van der Waals surface area contributed by atoms with Crippen molar-refractivity contribution in [3.63, 3.8) is 0 Å². The van der Waals surface area contributed by atoms with E-state index >= 15 is 0 Å². The molecule has 2 heterocycles. The number of amides is 1. The molecule has 3 N–H and O–H groups in total. The standard InChI is InChI=1S/C20H23ClFN5O3/c1-2-30-19(29)13-5-7-27(8-6-13)20-25-11-14(17(23)26-20)18(28)24-10-12-3-4-16(22)15(21)9-12/h3-4,9,11,13H,2,5-8,10H2,1H3,(H,24,28)(H2,23,25,26). The summed E-state index contributed by atoms with van der Waals surface area (Å²) in [4.78, 5) is 34.7. The van der Waals surface area contributed by atoms with Gasteiger partial charge in [0.25, 0.3) is 5.91 Å². The third-order valence-electron chi connectivity index (χ3n) is 4.88. The zero-order valence-corrected chi connectivity index (χ0v) is 17.3. The highest BCUT2D eigenvalue weighted by Crippen LogP contribution is 2.23. The molecule has 30 heavy (non-hydrogen) atoms. The highest BCUT2D eigenvalue weighted by atomic mass is 35.5. The number of nitrogen functional groups attached to an aromatic ring is 1. The summed E-state index contributed by atoms with van der Waals surface area (Å²) in [6, 6.07) is 4.21. The Kier molecular flexibility index (Phi) is 7.04. The number of piperidine rings is 1. The van der Waals surface area contributed by atoms with Crippen molar-refractivity contribution in [2.75, 3.05) is 30.3 Å². The second-order valence-corrected chi connectivity index (χ2v) is 7.32. The van der Waals surface area contributed by atoms with E-state index in [-0.39, 0.29) is 34.8 Å². The fraction of sp³-hybridized carbons (Fsp3) is 0.400. The van der Waals surface area contributed by atoms with E-state index in [1.165, 1.54) is 24.4 Å². The van der Waals surface area contributed by atoms with E-state index in [4.69, 9.17) is 22.1 Å². The molecule has 1 aliphatic heterocycles. The highest BCUT2D eigenvalue weighted by Gasteiger charge is 2.27. The van der Waals surface area contributed by atoms with Gasteiger partial charge in [-0.2, -0.15) is 4.98 Å². The molecule has 1 amide bonds. The Morgan fingerprint density at radius 2 is 2.10 bits per heavy atom. The molecular formula is C20H23ClFN5O3. The molecule has 2 aromatic rings. The maximum atomic E-state index is 13.2. The Labute approximate surface area is 178 Å². The summed E-state index contributed by atoms with van der Waals surface area (Å²) in [6.45, 7) is 3.51. The summed E-state index contributed by atoms with van der Waals surface area (Å²) >= 11 is 5.75. The average molecular weight is 436 g/mol. The first-order valence-electron chi connectivity index (χ1n) is 9.65. The van der Waals surface area contributed by atoms with Crippen molar-refractivity contribution in [2.24, 2.45) is 5.92 Å². The van der Waals surface area contributed by atoms with E-state index in [0.29, 0.717) is 44.0 Å². The van der Waals surface area contributed by atoms with Crippen molar-refractivity contribution in [1.82, 2.24) is 15.3 Å². The van der Waals surface area contributed by atoms with Gasteiger partial charge in [0.2, 0.25) is 5.95 Å². The Hall–Kier alpha value is -2.94. The molecule has 0 bridgehead atoms. The smallest absolute Gasteiger partial charge is 0.309 e. The summed E-state index contributed by atoms with van der Waals surface area (Å²) < 4.78 is 18.3. The molecule has 1 aromatic heterocycles. The summed E-state index contributed by atoms with van der Waals surface area (Å²) in [5, 5.41) is 2.67. The predicted molar refractivity (Wildman–Crippen MR) is 111 cm³/mol. The monoisotopic (exact) mass is 435 g/mol. The molecule has 3 rings (SSSR count). The molecular weight excluding hydrogens is 413 g/mol. The van der Waals surface area contributed by atoms with Crippen molar-refractivity contribution in [2.45, 2.75) is 26.3 Å². The van der Waals surface area contributed by atoms with Crippen molar-refractivity contribution in [3.05, 3.63) is 46.4 Å². The number of benzene rings is 1. The first-order chi connectivity index (χ1) is 14.4. The molecule has 1 aromatic carbocycles. The fourth-order valence-corrected chi connectivity index (χ4v) is 3.42. The highest BCUT2D eigenvalue weighted by molar-refractivity contribution is 6.30. The molecule has 0 unspecified atom stereocenters. The van der Waals surface area contributed by atoms with Crippen LogP contribution in [-0.4, -0.2) is 41.5 Å². The Bertz CT molecular complexity index is 935. The van der Waals surface area contributed by atoms with Crippen LogP contribution in [0, 0.1) is 11.7 Å². The molecule has 0 saturated carbocycles. The van der Waals surface area contributed by atoms with Gasteiger partial charge in [-0.1, -0.05) is 17.7 Å². The molecule has 0 aliphatic carbocycles. The number of aromatic nitrogens is 2. The van der Waals surface area contributed by atoms with E-state index in [2.05, 4.69) is 15.3 Å².